The number of methoxy groups -OCH3 is 2. The van der Waals surface area contributed by atoms with Gasteiger partial charge in [0.2, 0.25) is 11.8 Å². The van der Waals surface area contributed by atoms with Crippen molar-refractivity contribution in [3.8, 4) is 22.4 Å². The molecule has 18 heteroatoms. The number of fused-ring (bicyclic) bond motifs is 3. The van der Waals surface area contributed by atoms with Crippen molar-refractivity contribution in [2.24, 2.45) is 16.8 Å². The summed E-state index contributed by atoms with van der Waals surface area (Å²) in [5, 5.41) is 5.26. The van der Waals surface area contributed by atoms with E-state index in [-0.39, 0.29) is 60.0 Å². The number of alkyl carbamates (subject to hydrolysis) is 2. The fourth-order valence-electron chi connectivity index (χ4n) is 8.91. The Morgan fingerprint density at radius 1 is 0.794 bits per heavy atom. The van der Waals surface area contributed by atoms with E-state index in [2.05, 4.69) is 25.6 Å². The minimum Gasteiger partial charge on any atom is -0.453 e. The van der Waals surface area contributed by atoms with Crippen LogP contribution in [-0.2, 0) is 35.6 Å². The molecule has 3 aromatic rings. The Morgan fingerprint density at radius 3 is 1.94 bits per heavy atom. The number of rotatable bonds is 13. The van der Waals surface area contributed by atoms with E-state index in [1.54, 1.807) is 35.8 Å². The quantitative estimate of drug-likeness (QED) is 0.117. The number of hydrogen-bond donors (Lipinski definition) is 3. The summed E-state index contributed by atoms with van der Waals surface area (Å²) in [7, 11) is 2.69. The van der Waals surface area contributed by atoms with Gasteiger partial charge in [-0.3, -0.25) is 14.6 Å². The summed E-state index contributed by atoms with van der Waals surface area (Å²) in [6.07, 6.45) is 4.22. The molecule has 4 amide bonds. The second kappa shape index (κ2) is 18.1. The Hall–Kier alpha value is -5.78. The maximum Gasteiger partial charge on any atom is 0.407 e. The highest BCUT2D eigenvalue weighted by Crippen LogP contribution is 2.58. The number of allylic oxidation sites excluding steroid dienone is 1. The van der Waals surface area contributed by atoms with Crippen LogP contribution in [0.25, 0.3) is 28.0 Å². The highest BCUT2D eigenvalue weighted by Gasteiger charge is 2.63. The van der Waals surface area contributed by atoms with Crippen LogP contribution in [0, 0.1) is 11.8 Å². The number of imidazole rings is 1. The number of likely N-dealkylation sites (tertiary alicyclic amines) is 2. The molecule has 2 saturated heterocycles. The molecule has 2 aromatic carbocycles. The minimum atomic E-state index is -4.59. The smallest absolute Gasteiger partial charge is 0.407 e. The number of carbonyl (C=O) groups excluding carboxylic acids is 4. The van der Waals surface area contributed by atoms with Crippen LogP contribution in [0.1, 0.15) is 88.4 Å². The number of aliphatic imine (C=N–C) groups is 1. The number of hydrogen-bond acceptors (Lipinski definition) is 9. The number of carbonyl (C=O) groups is 4. The maximum atomic E-state index is 16.2. The summed E-state index contributed by atoms with van der Waals surface area (Å²) in [5.41, 5.74) is 0.315. The number of halogens is 4. The van der Waals surface area contributed by atoms with Gasteiger partial charge in [0.25, 0.3) is 0 Å². The van der Waals surface area contributed by atoms with Crippen LogP contribution in [0.4, 0.5) is 27.2 Å². The third-order valence-electron chi connectivity index (χ3n) is 12.3. The lowest BCUT2D eigenvalue weighted by Gasteiger charge is -2.35. The summed E-state index contributed by atoms with van der Waals surface area (Å²) in [6, 6.07) is 5.58. The molecular formula is C45H53F4N7O7. The number of nitrogens with one attached hydrogen (secondary N) is 3. The molecular weight excluding hydrogens is 827 g/mol. The van der Waals surface area contributed by atoms with Gasteiger partial charge < -0.3 is 39.6 Å². The Morgan fingerprint density at radius 2 is 1.35 bits per heavy atom. The van der Waals surface area contributed by atoms with E-state index in [9.17, 15) is 19.2 Å². The fourth-order valence-corrected chi connectivity index (χ4v) is 8.91. The standard InChI is InChI=1S/C45H53F4N7O7/c1-24(2)37(53-42(59)62-6)41(58)56-16-8-10-36(56)39-51-23-34(52-39)27-12-14-30-29-13-11-26(19-31(29)44(46,47)45(48,49)32(30)20-27)28-21-33(50-22-28)35-9-7-15-55(35)40(57)38(25(3)4)54-43(60)63-18-17-61-5/h11-14,19-20,22-25,35-38H,7-10,15-18,21H2,1-6H3,(H,51,52)(H,53,59)(H,54,60)/t35-,36-,37-,38-/m0/s1. The zero-order chi connectivity index (χ0) is 45.4. The molecule has 2 fully saturated rings. The molecule has 0 radical (unpaired) electrons. The largest absolute Gasteiger partial charge is 0.453 e. The van der Waals surface area contributed by atoms with Crippen LogP contribution in [0.15, 0.2) is 53.8 Å². The van der Waals surface area contributed by atoms with E-state index < -0.39 is 59.3 Å². The van der Waals surface area contributed by atoms with Gasteiger partial charge in [0.15, 0.2) is 0 Å². The van der Waals surface area contributed by atoms with Crippen LogP contribution in [-0.4, -0.2) is 108 Å². The van der Waals surface area contributed by atoms with Crippen molar-refractivity contribution in [2.75, 3.05) is 40.5 Å². The summed E-state index contributed by atoms with van der Waals surface area (Å²) < 4.78 is 79.5. The highest BCUT2D eigenvalue weighted by atomic mass is 19.3. The minimum absolute atomic E-state index is 0.0258. The predicted molar refractivity (Wildman–Crippen MR) is 225 cm³/mol. The average molecular weight is 880 g/mol. The van der Waals surface area contributed by atoms with Crippen LogP contribution < -0.4 is 10.6 Å². The molecule has 1 aliphatic carbocycles. The average Bonchev–Trinajstić information content (AvgIpc) is 4.10. The topological polar surface area (TPSA) is 168 Å². The first-order chi connectivity index (χ1) is 30.0. The van der Waals surface area contributed by atoms with Gasteiger partial charge >= 0.3 is 24.0 Å². The van der Waals surface area contributed by atoms with E-state index in [4.69, 9.17) is 14.2 Å². The molecule has 0 saturated carbocycles. The SMILES string of the molecule is COCCOC(=O)N[C@H](C(=O)N1CCC[C@H]1C1=NC=C(c2ccc3c(c2)C(F)(F)C(F)(F)c2cc(-c4cnc([C@@H]5CCCN5C(=O)[C@@H](NC(=O)OC)C(C)C)[nH]4)ccc2-3)C1)C(C)C. The first-order valence-electron chi connectivity index (χ1n) is 21.2. The molecule has 338 valence electrons. The summed E-state index contributed by atoms with van der Waals surface area (Å²) in [4.78, 5) is 67.3. The Balaban J connectivity index is 1.08. The van der Waals surface area contributed by atoms with Gasteiger partial charge in [-0.2, -0.15) is 17.6 Å². The van der Waals surface area contributed by atoms with Crippen LogP contribution >= 0.6 is 0 Å². The summed E-state index contributed by atoms with van der Waals surface area (Å²) >= 11 is 0. The number of alkyl halides is 4. The third-order valence-corrected chi connectivity index (χ3v) is 12.3. The van der Waals surface area contributed by atoms with Crippen molar-refractivity contribution in [1.29, 1.82) is 0 Å². The van der Waals surface area contributed by atoms with Crippen LogP contribution in [0.3, 0.4) is 0 Å². The van der Waals surface area contributed by atoms with E-state index in [1.165, 1.54) is 38.7 Å². The molecule has 0 unspecified atom stereocenters. The molecule has 4 atom stereocenters. The van der Waals surface area contributed by atoms with Crippen molar-refractivity contribution >= 4 is 35.3 Å². The van der Waals surface area contributed by atoms with Crippen molar-refractivity contribution in [3.63, 3.8) is 0 Å². The molecule has 3 aliphatic heterocycles. The molecule has 1 aromatic heterocycles. The first-order valence-corrected chi connectivity index (χ1v) is 21.2. The van der Waals surface area contributed by atoms with Gasteiger partial charge in [0, 0.05) is 55.2 Å². The van der Waals surface area contributed by atoms with Gasteiger partial charge in [-0.1, -0.05) is 52.0 Å². The number of benzene rings is 2. The molecule has 0 spiro atoms. The van der Waals surface area contributed by atoms with Crippen molar-refractivity contribution in [2.45, 2.75) is 95.8 Å². The van der Waals surface area contributed by atoms with Gasteiger partial charge in [-0.25, -0.2) is 14.6 Å². The monoisotopic (exact) mass is 879 g/mol. The van der Waals surface area contributed by atoms with Crippen molar-refractivity contribution < 1.29 is 51.0 Å². The normalized spacial score (nSPS) is 20.8. The lowest BCUT2D eigenvalue weighted by atomic mass is 9.78. The Labute approximate surface area is 362 Å². The van der Waals surface area contributed by atoms with Gasteiger partial charge in [0.05, 0.1) is 37.7 Å². The molecule has 63 heavy (non-hydrogen) atoms. The second-order valence-electron chi connectivity index (χ2n) is 17.0. The predicted octanol–water partition coefficient (Wildman–Crippen LogP) is 7.56. The van der Waals surface area contributed by atoms with Crippen LogP contribution in [0.2, 0.25) is 0 Å². The first kappa shape index (κ1) is 45.3. The number of H-pyrrole nitrogens is 1. The lowest BCUT2D eigenvalue weighted by Crippen LogP contribution is -2.53. The molecule has 3 N–H and O–H groups in total. The maximum absolute atomic E-state index is 16.2. The number of aromatic amines is 1. The number of amides is 4. The summed E-state index contributed by atoms with van der Waals surface area (Å²) in [5.74, 6) is -9.89. The van der Waals surface area contributed by atoms with E-state index >= 15 is 17.6 Å². The number of ether oxygens (including phenoxy) is 3. The van der Waals surface area contributed by atoms with E-state index in [0.29, 0.717) is 67.1 Å². The van der Waals surface area contributed by atoms with E-state index in [1.807, 2.05) is 13.8 Å². The second-order valence-corrected chi connectivity index (χ2v) is 17.0. The number of aromatic nitrogens is 2. The molecule has 7 rings (SSSR count). The van der Waals surface area contributed by atoms with E-state index in [0.717, 1.165) is 12.1 Å². The molecule has 0 bridgehead atoms. The fraction of sp³-hybridized carbons (Fsp3) is 0.511. The molecule has 4 heterocycles. The van der Waals surface area contributed by atoms with Crippen molar-refractivity contribution in [3.05, 3.63) is 71.3 Å². The lowest BCUT2D eigenvalue weighted by molar-refractivity contribution is -0.225. The Kier molecular flexibility index (Phi) is 13.0. The molecule has 4 aliphatic rings. The molecule has 14 nitrogen and oxygen atoms in total. The third kappa shape index (κ3) is 8.65. The Bertz CT molecular complexity index is 2310. The summed E-state index contributed by atoms with van der Waals surface area (Å²) in [6.45, 7) is 8.29. The highest BCUT2D eigenvalue weighted by molar-refractivity contribution is 6.04. The van der Waals surface area contributed by atoms with Crippen LogP contribution in [0.5, 0.6) is 0 Å². The van der Waals surface area contributed by atoms with Gasteiger partial charge in [-0.15, -0.1) is 0 Å². The van der Waals surface area contributed by atoms with Gasteiger partial charge in [-0.05, 0) is 71.9 Å². The number of nitrogens with zero attached hydrogens (tertiary/aromatic N) is 4. The zero-order valence-corrected chi connectivity index (χ0v) is 36.1. The van der Waals surface area contributed by atoms with Gasteiger partial charge in [0.1, 0.15) is 24.5 Å². The zero-order valence-electron chi connectivity index (χ0n) is 36.1. The van der Waals surface area contributed by atoms with Crippen molar-refractivity contribution in [1.82, 2.24) is 30.4 Å².